The molecular weight excluding hydrogens is 268 g/mol. The van der Waals surface area contributed by atoms with Crippen LogP contribution in [0.2, 0.25) is 0 Å². The van der Waals surface area contributed by atoms with Crippen LogP contribution >= 0.6 is 11.3 Å². The molecule has 1 aromatic carbocycles. The highest BCUT2D eigenvalue weighted by Gasteiger charge is 2.27. The second-order valence-corrected chi connectivity index (χ2v) is 6.65. The van der Waals surface area contributed by atoms with Crippen LogP contribution in [-0.4, -0.2) is 17.6 Å². The largest absolute Gasteiger partial charge is 0.372 e. The van der Waals surface area contributed by atoms with Crippen molar-refractivity contribution in [3.8, 4) is 0 Å². The molecule has 0 amide bonds. The van der Waals surface area contributed by atoms with Gasteiger partial charge in [0.05, 0.1) is 23.4 Å². The van der Waals surface area contributed by atoms with E-state index >= 15 is 0 Å². The highest BCUT2D eigenvalue weighted by molar-refractivity contribution is 7.11. The first kappa shape index (κ1) is 13.7. The summed E-state index contributed by atoms with van der Waals surface area (Å²) in [6.45, 7) is 4.91. The number of nitrogens with two attached hydrogens (primary N) is 1. The Labute approximate surface area is 123 Å². The molecule has 1 aliphatic rings. The van der Waals surface area contributed by atoms with Crippen LogP contribution in [0.15, 0.2) is 24.3 Å². The highest BCUT2D eigenvalue weighted by atomic mass is 32.1. The monoisotopic (exact) mass is 288 g/mol. The van der Waals surface area contributed by atoms with Crippen molar-refractivity contribution in [2.75, 3.05) is 6.61 Å². The Kier molecular flexibility index (Phi) is 3.87. The SMILES string of the molecule is Cc1nc(CC(N)C2OCCc3ccccc32)sc1C. The van der Waals surface area contributed by atoms with Crippen molar-refractivity contribution < 1.29 is 4.74 Å². The predicted octanol–water partition coefficient (Wildman–Crippen LogP) is 2.94. The molecule has 1 aromatic heterocycles. The van der Waals surface area contributed by atoms with Crippen molar-refractivity contribution in [3.63, 3.8) is 0 Å². The molecule has 2 heterocycles. The van der Waals surface area contributed by atoms with Gasteiger partial charge in [0, 0.05) is 17.3 Å². The number of nitrogens with zero attached hydrogens (tertiary/aromatic N) is 1. The van der Waals surface area contributed by atoms with Gasteiger partial charge in [0.25, 0.3) is 0 Å². The van der Waals surface area contributed by atoms with E-state index in [0.29, 0.717) is 0 Å². The van der Waals surface area contributed by atoms with E-state index in [1.165, 1.54) is 16.0 Å². The van der Waals surface area contributed by atoms with Crippen LogP contribution < -0.4 is 5.73 Å². The zero-order valence-electron chi connectivity index (χ0n) is 11.9. The summed E-state index contributed by atoms with van der Waals surface area (Å²) in [6, 6.07) is 8.42. The maximum Gasteiger partial charge on any atom is 0.0982 e. The van der Waals surface area contributed by atoms with Gasteiger partial charge in [-0.15, -0.1) is 11.3 Å². The number of fused-ring (bicyclic) bond motifs is 1. The summed E-state index contributed by atoms with van der Waals surface area (Å²) in [5.74, 6) is 0. The quantitative estimate of drug-likeness (QED) is 0.944. The fourth-order valence-corrected chi connectivity index (χ4v) is 3.72. The molecule has 2 N–H and O–H groups in total. The molecule has 1 aliphatic heterocycles. The molecule has 3 rings (SSSR count). The molecule has 2 unspecified atom stereocenters. The van der Waals surface area contributed by atoms with E-state index in [1.54, 1.807) is 11.3 Å². The summed E-state index contributed by atoms with van der Waals surface area (Å²) >= 11 is 1.74. The molecule has 0 aliphatic carbocycles. The van der Waals surface area contributed by atoms with Crippen LogP contribution in [0.25, 0.3) is 0 Å². The summed E-state index contributed by atoms with van der Waals surface area (Å²) in [5, 5.41) is 1.11. The maximum absolute atomic E-state index is 6.40. The Morgan fingerprint density at radius 2 is 2.20 bits per heavy atom. The van der Waals surface area contributed by atoms with Crippen LogP contribution in [-0.2, 0) is 17.6 Å². The third kappa shape index (κ3) is 2.64. The molecular formula is C16H20N2OS. The first-order valence-corrected chi connectivity index (χ1v) is 7.84. The second kappa shape index (κ2) is 5.64. The van der Waals surface area contributed by atoms with Gasteiger partial charge in [-0.05, 0) is 31.4 Å². The van der Waals surface area contributed by atoms with Crippen LogP contribution in [0.5, 0.6) is 0 Å². The Hall–Kier alpha value is -1.23. The topological polar surface area (TPSA) is 48.1 Å². The third-order valence-electron chi connectivity index (χ3n) is 3.90. The van der Waals surface area contributed by atoms with E-state index in [1.807, 2.05) is 6.92 Å². The Morgan fingerprint density at radius 3 is 2.95 bits per heavy atom. The van der Waals surface area contributed by atoms with Gasteiger partial charge in [-0.1, -0.05) is 24.3 Å². The molecule has 2 atom stereocenters. The summed E-state index contributed by atoms with van der Waals surface area (Å²) in [6.07, 6.45) is 1.75. The molecule has 0 saturated carbocycles. The normalized spacial score (nSPS) is 19.6. The lowest BCUT2D eigenvalue weighted by atomic mass is 9.92. The number of benzene rings is 1. The number of hydrogen-bond donors (Lipinski definition) is 1. The zero-order valence-corrected chi connectivity index (χ0v) is 12.7. The molecule has 3 nitrogen and oxygen atoms in total. The van der Waals surface area contributed by atoms with Gasteiger partial charge >= 0.3 is 0 Å². The minimum atomic E-state index is -0.0404. The van der Waals surface area contributed by atoms with E-state index in [0.717, 1.165) is 30.2 Å². The highest BCUT2D eigenvalue weighted by Crippen LogP contribution is 2.30. The first-order valence-electron chi connectivity index (χ1n) is 7.03. The Morgan fingerprint density at radius 1 is 1.40 bits per heavy atom. The van der Waals surface area contributed by atoms with Gasteiger partial charge in [0.2, 0.25) is 0 Å². The minimum Gasteiger partial charge on any atom is -0.372 e. The summed E-state index contributed by atoms with van der Waals surface area (Å²) in [5.41, 5.74) is 10.1. The van der Waals surface area contributed by atoms with E-state index < -0.39 is 0 Å². The van der Waals surface area contributed by atoms with Crippen LogP contribution in [0.1, 0.15) is 32.8 Å². The molecule has 4 heteroatoms. The predicted molar refractivity (Wildman–Crippen MR) is 82.1 cm³/mol. The Bertz CT molecular complexity index is 589. The van der Waals surface area contributed by atoms with Crippen molar-refractivity contribution in [2.45, 2.75) is 38.8 Å². The summed E-state index contributed by atoms with van der Waals surface area (Å²) in [4.78, 5) is 5.86. The van der Waals surface area contributed by atoms with Crippen LogP contribution in [0.3, 0.4) is 0 Å². The Balaban J connectivity index is 1.79. The smallest absolute Gasteiger partial charge is 0.0982 e. The zero-order chi connectivity index (χ0) is 14.1. The summed E-state index contributed by atoms with van der Waals surface area (Å²) in [7, 11) is 0. The maximum atomic E-state index is 6.40. The summed E-state index contributed by atoms with van der Waals surface area (Å²) < 4.78 is 5.93. The van der Waals surface area contributed by atoms with Gasteiger partial charge in [-0.25, -0.2) is 4.98 Å². The number of rotatable bonds is 3. The standard InChI is InChI=1S/C16H20N2OS/c1-10-11(2)20-15(18-10)9-14(17)16-13-6-4-3-5-12(13)7-8-19-16/h3-6,14,16H,7-9,17H2,1-2H3. The van der Waals surface area contributed by atoms with Crippen molar-refractivity contribution in [2.24, 2.45) is 5.73 Å². The van der Waals surface area contributed by atoms with Gasteiger partial charge in [-0.2, -0.15) is 0 Å². The third-order valence-corrected chi connectivity index (χ3v) is 5.00. The average Bonchev–Trinajstić information content (AvgIpc) is 2.76. The van der Waals surface area contributed by atoms with E-state index in [2.05, 4.69) is 36.2 Å². The lowest BCUT2D eigenvalue weighted by molar-refractivity contribution is 0.0246. The van der Waals surface area contributed by atoms with Crippen molar-refractivity contribution in [3.05, 3.63) is 51.0 Å². The fraction of sp³-hybridized carbons (Fsp3) is 0.438. The number of thiazole rings is 1. The first-order chi connectivity index (χ1) is 9.65. The van der Waals surface area contributed by atoms with Gasteiger partial charge in [-0.3, -0.25) is 0 Å². The van der Waals surface area contributed by atoms with Crippen LogP contribution in [0, 0.1) is 13.8 Å². The number of ether oxygens (including phenoxy) is 1. The van der Waals surface area contributed by atoms with Crippen molar-refractivity contribution in [1.29, 1.82) is 0 Å². The average molecular weight is 288 g/mol. The van der Waals surface area contributed by atoms with Gasteiger partial charge < -0.3 is 10.5 Å². The minimum absolute atomic E-state index is 0.00976. The molecule has 20 heavy (non-hydrogen) atoms. The van der Waals surface area contributed by atoms with Gasteiger partial charge in [0.15, 0.2) is 0 Å². The van der Waals surface area contributed by atoms with E-state index in [4.69, 9.17) is 10.5 Å². The fourth-order valence-electron chi connectivity index (χ4n) is 2.71. The van der Waals surface area contributed by atoms with Crippen molar-refractivity contribution >= 4 is 11.3 Å². The molecule has 0 spiro atoms. The molecule has 106 valence electrons. The molecule has 2 aromatic rings. The second-order valence-electron chi connectivity index (χ2n) is 5.36. The number of hydrogen-bond acceptors (Lipinski definition) is 4. The van der Waals surface area contributed by atoms with Crippen molar-refractivity contribution in [1.82, 2.24) is 4.98 Å². The van der Waals surface area contributed by atoms with E-state index in [9.17, 15) is 0 Å². The molecule has 0 radical (unpaired) electrons. The van der Waals surface area contributed by atoms with Crippen LogP contribution in [0.4, 0.5) is 0 Å². The van der Waals surface area contributed by atoms with E-state index in [-0.39, 0.29) is 12.1 Å². The molecule has 0 fully saturated rings. The molecule has 0 saturated heterocycles. The molecule has 0 bridgehead atoms. The number of aryl methyl sites for hydroxylation is 2. The number of aromatic nitrogens is 1. The lowest BCUT2D eigenvalue weighted by Crippen LogP contribution is -2.35. The lowest BCUT2D eigenvalue weighted by Gasteiger charge is -2.30. The van der Waals surface area contributed by atoms with Gasteiger partial charge in [0.1, 0.15) is 0 Å².